The van der Waals surface area contributed by atoms with E-state index in [1.807, 2.05) is 13.8 Å². The lowest BCUT2D eigenvalue weighted by Gasteiger charge is -2.22. The highest BCUT2D eigenvalue weighted by molar-refractivity contribution is 7.11. The van der Waals surface area contributed by atoms with Crippen molar-refractivity contribution in [2.45, 2.75) is 39.2 Å². The number of aryl methyl sites for hydroxylation is 2. The van der Waals surface area contributed by atoms with Crippen LogP contribution in [0.25, 0.3) is 0 Å². The van der Waals surface area contributed by atoms with Crippen LogP contribution in [0.1, 0.15) is 28.4 Å². The first-order chi connectivity index (χ1) is 8.11. The molecule has 0 aromatic carbocycles. The normalized spacial score (nSPS) is 19.9. The van der Waals surface area contributed by atoms with Gasteiger partial charge in [0.25, 0.3) is 0 Å². The Balaban J connectivity index is 2.04. The Morgan fingerprint density at radius 1 is 1.59 bits per heavy atom. The molecule has 0 saturated carbocycles. The third-order valence-electron chi connectivity index (χ3n) is 3.23. The average Bonchev–Trinajstić information content (AvgIpc) is 2.85. The van der Waals surface area contributed by atoms with Crippen molar-refractivity contribution in [3.05, 3.63) is 15.6 Å². The van der Waals surface area contributed by atoms with Crippen LogP contribution in [0, 0.1) is 13.8 Å². The standard InChI is InChI=1S/C12H18N2O2S/c1-8-11(13-9(2)17-8)6-12(16)14-5-3-4-10(14)7-15/h10,15H,3-7H2,1-2H3/t10-/m0/s1. The van der Waals surface area contributed by atoms with Gasteiger partial charge in [0, 0.05) is 11.4 Å². The van der Waals surface area contributed by atoms with Crippen LogP contribution in [-0.2, 0) is 11.2 Å². The van der Waals surface area contributed by atoms with Crippen LogP contribution in [0.15, 0.2) is 0 Å². The van der Waals surface area contributed by atoms with E-state index in [0.29, 0.717) is 6.42 Å². The molecule has 1 saturated heterocycles. The van der Waals surface area contributed by atoms with E-state index in [4.69, 9.17) is 0 Å². The molecule has 0 radical (unpaired) electrons. The summed E-state index contributed by atoms with van der Waals surface area (Å²) in [6.45, 7) is 4.80. The highest BCUT2D eigenvalue weighted by Gasteiger charge is 2.28. The fourth-order valence-corrected chi connectivity index (χ4v) is 3.17. The van der Waals surface area contributed by atoms with Gasteiger partial charge in [-0.05, 0) is 26.7 Å². The monoisotopic (exact) mass is 254 g/mol. The molecule has 0 bridgehead atoms. The van der Waals surface area contributed by atoms with Crippen molar-refractivity contribution in [3.63, 3.8) is 0 Å². The fourth-order valence-electron chi connectivity index (χ4n) is 2.33. The summed E-state index contributed by atoms with van der Waals surface area (Å²) in [7, 11) is 0. The predicted molar refractivity (Wildman–Crippen MR) is 67.1 cm³/mol. The minimum atomic E-state index is 0.0162. The van der Waals surface area contributed by atoms with Gasteiger partial charge >= 0.3 is 0 Å². The van der Waals surface area contributed by atoms with E-state index < -0.39 is 0 Å². The zero-order chi connectivity index (χ0) is 12.4. The van der Waals surface area contributed by atoms with E-state index in [0.717, 1.165) is 35.0 Å². The van der Waals surface area contributed by atoms with E-state index in [-0.39, 0.29) is 18.6 Å². The molecule has 1 amide bonds. The molecule has 0 spiro atoms. The Morgan fingerprint density at radius 3 is 2.94 bits per heavy atom. The number of rotatable bonds is 3. The largest absolute Gasteiger partial charge is 0.394 e. The summed E-state index contributed by atoms with van der Waals surface area (Å²) in [4.78, 5) is 19.4. The second-order valence-corrected chi connectivity index (χ2v) is 5.89. The zero-order valence-corrected chi connectivity index (χ0v) is 11.1. The smallest absolute Gasteiger partial charge is 0.228 e. The summed E-state index contributed by atoms with van der Waals surface area (Å²) in [6, 6.07) is 0.0162. The minimum Gasteiger partial charge on any atom is -0.394 e. The molecule has 1 aromatic heterocycles. The summed E-state index contributed by atoms with van der Waals surface area (Å²) < 4.78 is 0. The van der Waals surface area contributed by atoms with Gasteiger partial charge in [-0.1, -0.05) is 0 Å². The van der Waals surface area contributed by atoms with Crippen molar-refractivity contribution < 1.29 is 9.90 Å². The topological polar surface area (TPSA) is 53.4 Å². The first-order valence-electron chi connectivity index (χ1n) is 5.95. The average molecular weight is 254 g/mol. The Bertz CT molecular complexity index is 417. The second-order valence-electron chi connectivity index (χ2n) is 4.48. The molecule has 1 N–H and O–H groups in total. The molecular formula is C12H18N2O2S. The molecule has 1 aliphatic rings. The number of thiazole rings is 1. The first-order valence-corrected chi connectivity index (χ1v) is 6.76. The molecule has 94 valence electrons. The number of carbonyl (C=O) groups is 1. The van der Waals surface area contributed by atoms with Crippen LogP contribution in [0.4, 0.5) is 0 Å². The maximum atomic E-state index is 12.1. The van der Waals surface area contributed by atoms with Crippen molar-refractivity contribution in [2.75, 3.05) is 13.2 Å². The van der Waals surface area contributed by atoms with Crippen LogP contribution in [-0.4, -0.2) is 40.1 Å². The number of hydrogen-bond donors (Lipinski definition) is 1. The van der Waals surface area contributed by atoms with Gasteiger partial charge in [0.1, 0.15) is 0 Å². The summed E-state index contributed by atoms with van der Waals surface area (Å²) in [6.07, 6.45) is 2.27. The Kier molecular flexibility index (Phi) is 3.79. The quantitative estimate of drug-likeness (QED) is 0.884. The van der Waals surface area contributed by atoms with Crippen molar-refractivity contribution in [3.8, 4) is 0 Å². The third kappa shape index (κ3) is 2.66. The summed E-state index contributed by atoms with van der Waals surface area (Å²) in [5, 5.41) is 10.2. The maximum absolute atomic E-state index is 12.1. The lowest BCUT2D eigenvalue weighted by atomic mass is 10.2. The van der Waals surface area contributed by atoms with E-state index in [2.05, 4.69) is 4.98 Å². The van der Waals surface area contributed by atoms with E-state index in [9.17, 15) is 9.90 Å². The molecule has 5 heteroatoms. The molecule has 1 atom stereocenters. The molecule has 1 aliphatic heterocycles. The van der Waals surface area contributed by atoms with Gasteiger partial charge in [0.15, 0.2) is 0 Å². The lowest BCUT2D eigenvalue weighted by molar-refractivity contribution is -0.132. The molecule has 17 heavy (non-hydrogen) atoms. The van der Waals surface area contributed by atoms with Crippen molar-refractivity contribution in [2.24, 2.45) is 0 Å². The number of amides is 1. The molecule has 1 fully saturated rings. The fraction of sp³-hybridized carbons (Fsp3) is 0.667. The highest BCUT2D eigenvalue weighted by Crippen LogP contribution is 2.21. The SMILES string of the molecule is Cc1nc(CC(=O)N2CCC[C@H]2CO)c(C)s1. The third-order valence-corrected chi connectivity index (χ3v) is 4.16. The molecule has 2 rings (SSSR count). The Morgan fingerprint density at radius 2 is 2.35 bits per heavy atom. The molecule has 2 heterocycles. The number of likely N-dealkylation sites (tertiary alicyclic amines) is 1. The lowest BCUT2D eigenvalue weighted by Crippen LogP contribution is -2.38. The Hall–Kier alpha value is -0.940. The molecular weight excluding hydrogens is 236 g/mol. The first kappa shape index (κ1) is 12.5. The number of aromatic nitrogens is 1. The van der Waals surface area contributed by atoms with Crippen LogP contribution in [0.2, 0.25) is 0 Å². The summed E-state index contributed by atoms with van der Waals surface area (Å²) in [5.41, 5.74) is 0.890. The van der Waals surface area contributed by atoms with Gasteiger partial charge in [0.05, 0.1) is 29.8 Å². The molecule has 4 nitrogen and oxygen atoms in total. The zero-order valence-electron chi connectivity index (χ0n) is 10.3. The molecule has 0 unspecified atom stereocenters. The number of hydrogen-bond acceptors (Lipinski definition) is 4. The van der Waals surface area contributed by atoms with Crippen molar-refractivity contribution in [1.82, 2.24) is 9.88 Å². The van der Waals surface area contributed by atoms with Gasteiger partial charge in [-0.3, -0.25) is 4.79 Å². The molecule has 1 aromatic rings. The second kappa shape index (κ2) is 5.14. The highest BCUT2D eigenvalue weighted by atomic mass is 32.1. The van der Waals surface area contributed by atoms with Gasteiger partial charge in [-0.25, -0.2) is 4.98 Å². The number of carbonyl (C=O) groups excluding carboxylic acids is 1. The van der Waals surface area contributed by atoms with E-state index in [1.165, 1.54) is 0 Å². The summed E-state index contributed by atoms with van der Waals surface area (Å²) in [5.74, 6) is 0.0925. The summed E-state index contributed by atoms with van der Waals surface area (Å²) >= 11 is 1.63. The van der Waals surface area contributed by atoms with Gasteiger partial charge in [-0.2, -0.15) is 0 Å². The van der Waals surface area contributed by atoms with Crippen LogP contribution in [0.5, 0.6) is 0 Å². The van der Waals surface area contributed by atoms with Gasteiger partial charge < -0.3 is 10.0 Å². The van der Waals surface area contributed by atoms with Crippen LogP contribution in [0.3, 0.4) is 0 Å². The van der Waals surface area contributed by atoms with Crippen LogP contribution >= 0.6 is 11.3 Å². The maximum Gasteiger partial charge on any atom is 0.228 e. The number of nitrogens with zero attached hydrogens (tertiary/aromatic N) is 2. The number of aliphatic hydroxyl groups is 1. The minimum absolute atomic E-state index is 0.0162. The van der Waals surface area contributed by atoms with Gasteiger partial charge in [-0.15, -0.1) is 11.3 Å². The van der Waals surface area contributed by atoms with Gasteiger partial charge in [0.2, 0.25) is 5.91 Å². The Labute approximate surface area is 105 Å². The van der Waals surface area contributed by atoms with Crippen molar-refractivity contribution >= 4 is 17.2 Å². The predicted octanol–water partition coefficient (Wildman–Crippen LogP) is 1.29. The van der Waals surface area contributed by atoms with Crippen molar-refractivity contribution in [1.29, 1.82) is 0 Å². The van der Waals surface area contributed by atoms with E-state index in [1.54, 1.807) is 16.2 Å². The molecule has 0 aliphatic carbocycles. The number of aliphatic hydroxyl groups excluding tert-OH is 1. The van der Waals surface area contributed by atoms with E-state index >= 15 is 0 Å². The van der Waals surface area contributed by atoms with Crippen LogP contribution < -0.4 is 0 Å².